The predicted molar refractivity (Wildman–Crippen MR) is 95.6 cm³/mol. The molecule has 4 aromatic rings. The maximum Gasteiger partial charge on any atom is 0.121 e. The summed E-state index contributed by atoms with van der Waals surface area (Å²) in [5, 5.41) is 21.9. The van der Waals surface area contributed by atoms with E-state index in [4.69, 9.17) is 0 Å². The third-order valence-corrected chi connectivity index (χ3v) is 4.03. The quantitative estimate of drug-likeness (QED) is 0.516. The number of phenols is 1. The molecule has 4 rings (SSSR count). The second kappa shape index (κ2) is 6.08. The van der Waals surface area contributed by atoms with Crippen LogP contribution in [0.5, 0.6) is 5.75 Å². The zero-order valence-electron chi connectivity index (χ0n) is 12.9. The number of azo groups is 1. The van der Waals surface area contributed by atoms with Gasteiger partial charge in [0, 0.05) is 17.1 Å². The summed E-state index contributed by atoms with van der Waals surface area (Å²) in [5.74, 6) is 0.240. The van der Waals surface area contributed by atoms with E-state index < -0.39 is 0 Å². The highest BCUT2D eigenvalue weighted by molar-refractivity contribution is 5.89. The highest BCUT2D eigenvalue weighted by Crippen LogP contribution is 2.29. The molecule has 0 aliphatic heterocycles. The van der Waals surface area contributed by atoms with Crippen LogP contribution >= 0.6 is 0 Å². The van der Waals surface area contributed by atoms with Crippen molar-refractivity contribution in [2.24, 2.45) is 10.2 Å². The lowest BCUT2D eigenvalue weighted by molar-refractivity contribution is 0.469. The fourth-order valence-corrected chi connectivity index (χ4v) is 2.84. The molecule has 0 atom stereocenters. The van der Waals surface area contributed by atoms with Crippen molar-refractivity contribution in [1.82, 2.24) is 4.98 Å². The van der Waals surface area contributed by atoms with Gasteiger partial charge in [-0.05, 0) is 29.0 Å². The molecule has 116 valence electrons. The number of para-hydroxylation sites is 1. The molecule has 1 aromatic heterocycles. The lowest BCUT2D eigenvalue weighted by Crippen LogP contribution is -1.86. The van der Waals surface area contributed by atoms with Crippen molar-refractivity contribution in [3.8, 4) is 5.75 Å². The summed E-state index contributed by atoms with van der Waals surface area (Å²) >= 11 is 0. The van der Waals surface area contributed by atoms with Crippen LogP contribution in [0, 0.1) is 0 Å². The fourth-order valence-electron chi connectivity index (χ4n) is 2.84. The molecule has 4 heteroatoms. The third-order valence-electron chi connectivity index (χ3n) is 4.03. The average Bonchev–Trinajstić information content (AvgIpc) is 2.64. The van der Waals surface area contributed by atoms with Gasteiger partial charge in [-0.15, -0.1) is 0 Å². The summed E-state index contributed by atoms with van der Waals surface area (Å²) in [7, 11) is 0. The van der Waals surface area contributed by atoms with E-state index in [1.165, 1.54) is 0 Å². The molecule has 0 aliphatic rings. The van der Waals surface area contributed by atoms with Crippen molar-refractivity contribution < 1.29 is 5.11 Å². The lowest BCUT2D eigenvalue weighted by atomic mass is 10.0. The van der Waals surface area contributed by atoms with Crippen molar-refractivity contribution >= 4 is 27.4 Å². The first kappa shape index (κ1) is 14.3. The average molecular weight is 313 g/mol. The van der Waals surface area contributed by atoms with Gasteiger partial charge in [-0.2, -0.15) is 10.2 Å². The Kier molecular flexibility index (Phi) is 3.63. The zero-order chi connectivity index (χ0) is 16.4. The van der Waals surface area contributed by atoms with Crippen LogP contribution in [0.1, 0.15) is 5.56 Å². The monoisotopic (exact) mass is 313 g/mol. The van der Waals surface area contributed by atoms with Gasteiger partial charge in [0.1, 0.15) is 11.4 Å². The van der Waals surface area contributed by atoms with E-state index in [9.17, 15) is 5.11 Å². The molecule has 3 aromatic carbocycles. The standard InChI is InChI=1S/C20H15N3O/c24-19-11-10-14-5-1-2-8-16(14)17(19)13-22-23-18-9-3-6-15-7-4-12-21-20(15)18/h1-12,24H,13H2. The van der Waals surface area contributed by atoms with Crippen LogP contribution in [0.2, 0.25) is 0 Å². The van der Waals surface area contributed by atoms with E-state index in [0.717, 1.165) is 32.9 Å². The number of benzene rings is 3. The van der Waals surface area contributed by atoms with Gasteiger partial charge in [-0.25, -0.2) is 0 Å². The van der Waals surface area contributed by atoms with Crippen molar-refractivity contribution in [3.63, 3.8) is 0 Å². The van der Waals surface area contributed by atoms with E-state index in [1.807, 2.05) is 60.7 Å². The van der Waals surface area contributed by atoms with E-state index in [2.05, 4.69) is 15.2 Å². The molecule has 4 nitrogen and oxygen atoms in total. The van der Waals surface area contributed by atoms with Crippen LogP contribution in [0.15, 0.2) is 83.2 Å². The van der Waals surface area contributed by atoms with Crippen LogP contribution in [0.4, 0.5) is 5.69 Å². The Morgan fingerprint density at radius 1 is 0.833 bits per heavy atom. The summed E-state index contributed by atoms with van der Waals surface area (Å²) in [4.78, 5) is 4.37. The van der Waals surface area contributed by atoms with E-state index in [0.29, 0.717) is 6.54 Å². The minimum Gasteiger partial charge on any atom is -0.508 e. The van der Waals surface area contributed by atoms with Crippen LogP contribution in [0.3, 0.4) is 0 Å². The smallest absolute Gasteiger partial charge is 0.121 e. The number of hydrogen-bond acceptors (Lipinski definition) is 4. The number of aromatic hydroxyl groups is 1. The minimum atomic E-state index is 0.240. The van der Waals surface area contributed by atoms with Gasteiger partial charge in [-0.1, -0.05) is 48.5 Å². The molecule has 0 saturated carbocycles. The zero-order valence-corrected chi connectivity index (χ0v) is 12.9. The number of fused-ring (bicyclic) bond motifs is 2. The van der Waals surface area contributed by atoms with Crippen molar-refractivity contribution in [1.29, 1.82) is 0 Å². The number of rotatable bonds is 3. The van der Waals surface area contributed by atoms with E-state index in [-0.39, 0.29) is 5.75 Å². The molecule has 0 amide bonds. The Hall–Kier alpha value is -3.27. The summed E-state index contributed by atoms with van der Waals surface area (Å²) in [6.45, 7) is 0.316. The number of pyridine rings is 1. The first-order chi connectivity index (χ1) is 11.8. The third kappa shape index (κ3) is 2.58. The first-order valence-corrected chi connectivity index (χ1v) is 7.74. The van der Waals surface area contributed by atoms with Crippen molar-refractivity contribution in [3.05, 3.63) is 78.5 Å². The first-order valence-electron chi connectivity index (χ1n) is 7.74. The fraction of sp³-hybridized carbons (Fsp3) is 0.0500. The SMILES string of the molecule is Oc1ccc2ccccc2c1CN=Nc1cccc2cccnc12. The highest BCUT2D eigenvalue weighted by Gasteiger charge is 2.06. The summed E-state index contributed by atoms with van der Waals surface area (Å²) in [5.41, 5.74) is 2.34. The number of hydrogen-bond donors (Lipinski definition) is 1. The molecular formula is C20H15N3O. The van der Waals surface area contributed by atoms with Gasteiger partial charge in [-0.3, -0.25) is 4.98 Å². The Labute approximate surface area is 139 Å². The molecule has 0 aliphatic carbocycles. The van der Waals surface area contributed by atoms with E-state index in [1.54, 1.807) is 12.3 Å². The molecule has 0 radical (unpaired) electrons. The molecule has 24 heavy (non-hydrogen) atoms. The van der Waals surface area contributed by atoms with Gasteiger partial charge < -0.3 is 5.11 Å². The number of aromatic nitrogens is 1. The van der Waals surface area contributed by atoms with Crippen molar-refractivity contribution in [2.75, 3.05) is 0 Å². The normalized spacial score (nSPS) is 11.5. The maximum atomic E-state index is 10.2. The molecule has 1 heterocycles. The number of nitrogens with zero attached hydrogens (tertiary/aromatic N) is 3. The molecule has 0 fully saturated rings. The van der Waals surface area contributed by atoms with Crippen LogP contribution < -0.4 is 0 Å². The maximum absolute atomic E-state index is 10.2. The Bertz CT molecular complexity index is 1050. The topological polar surface area (TPSA) is 57.8 Å². The molecule has 1 N–H and O–H groups in total. The van der Waals surface area contributed by atoms with Gasteiger partial charge >= 0.3 is 0 Å². The van der Waals surface area contributed by atoms with Crippen LogP contribution in [0.25, 0.3) is 21.7 Å². The second-order valence-corrected chi connectivity index (χ2v) is 5.54. The summed E-state index contributed by atoms with van der Waals surface area (Å²) in [6, 6.07) is 21.3. The number of phenolic OH excluding ortho intramolecular Hbond substituents is 1. The van der Waals surface area contributed by atoms with Gasteiger partial charge in [0.2, 0.25) is 0 Å². The molecule has 0 bridgehead atoms. The Balaban J connectivity index is 1.70. The molecule has 0 unspecified atom stereocenters. The predicted octanol–water partition coefficient (Wildman–Crippen LogP) is 5.38. The lowest BCUT2D eigenvalue weighted by Gasteiger charge is -2.06. The molecule has 0 saturated heterocycles. The van der Waals surface area contributed by atoms with Crippen molar-refractivity contribution in [2.45, 2.75) is 6.54 Å². The largest absolute Gasteiger partial charge is 0.508 e. The summed E-state index contributed by atoms with van der Waals surface area (Å²) < 4.78 is 0. The highest BCUT2D eigenvalue weighted by atomic mass is 16.3. The van der Waals surface area contributed by atoms with Gasteiger partial charge in [0.05, 0.1) is 12.1 Å². The van der Waals surface area contributed by atoms with Crippen LogP contribution in [-0.4, -0.2) is 10.1 Å². The van der Waals surface area contributed by atoms with Gasteiger partial charge in [0.15, 0.2) is 0 Å². The minimum absolute atomic E-state index is 0.240. The van der Waals surface area contributed by atoms with Gasteiger partial charge in [0.25, 0.3) is 0 Å². The Morgan fingerprint density at radius 2 is 1.67 bits per heavy atom. The Morgan fingerprint density at radius 3 is 2.62 bits per heavy atom. The molecule has 0 spiro atoms. The van der Waals surface area contributed by atoms with Crippen LogP contribution in [-0.2, 0) is 6.54 Å². The summed E-state index contributed by atoms with van der Waals surface area (Å²) in [6.07, 6.45) is 1.75. The second-order valence-electron chi connectivity index (χ2n) is 5.54. The molecular weight excluding hydrogens is 298 g/mol. The van der Waals surface area contributed by atoms with E-state index >= 15 is 0 Å².